The largest absolute Gasteiger partial charge is 0.522 e. The molecule has 0 aliphatic carbocycles. The monoisotopic (exact) mass is 558 g/mol. The predicted octanol–water partition coefficient (Wildman–Crippen LogP) is 6.93. The fourth-order valence-electron chi connectivity index (χ4n) is 2.84. The van der Waals surface area contributed by atoms with E-state index >= 15 is 0 Å². The Morgan fingerprint density at radius 2 is 1.11 bits per heavy atom. The summed E-state index contributed by atoms with van der Waals surface area (Å²) in [6, 6.07) is 22.8. The maximum Gasteiger partial charge on any atom is 0.522 e. The molecule has 0 unspecified atom stereocenters. The van der Waals surface area contributed by atoms with Crippen molar-refractivity contribution in [1.29, 1.82) is 0 Å². The molecule has 0 spiro atoms. The summed E-state index contributed by atoms with van der Waals surface area (Å²) in [6.45, 7) is 12.3. The van der Waals surface area contributed by atoms with Crippen LogP contribution in [0.1, 0.15) is 41.5 Å². The summed E-state index contributed by atoms with van der Waals surface area (Å²) in [7, 11) is -6.14. The first kappa shape index (κ1) is 30.5. The van der Waals surface area contributed by atoms with Gasteiger partial charge in [0.15, 0.2) is 9.79 Å². The third kappa shape index (κ3) is 10.3. The standard InChI is InChI=1S/C25H30NO2S.CHF3O3S/c1-24(2,3)27-19-10-14-21(15-11-19)29(23-9-7-8-18-26-23)22-16-12-20(13-17-22)28-25(4,5)6;2-1(3,4)8(5,6)7/h7-18H,1-6H3;(H,5,6,7)/q+1;. The number of rotatable bonds is 5. The second kappa shape index (κ2) is 11.7. The fraction of sp³-hybridized carbons (Fsp3) is 0.346. The normalized spacial score (nSPS) is 12.5. The molecule has 0 aliphatic rings. The van der Waals surface area contributed by atoms with Crippen LogP contribution < -0.4 is 9.47 Å². The Kier molecular flexibility index (Phi) is 9.67. The van der Waals surface area contributed by atoms with Crippen LogP contribution in [0.15, 0.2) is 87.7 Å². The zero-order chi connectivity index (χ0) is 28.1. The molecule has 0 bridgehead atoms. The van der Waals surface area contributed by atoms with E-state index < -0.39 is 15.6 Å². The van der Waals surface area contributed by atoms with Crippen LogP contribution in [0.25, 0.3) is 0 Å². The van der Waals surface area contributed by atoms with Gasteiger partial charge >= 0.3 is 15.6 Å². The lowest BCUT2D eigenvalue weighted by molar-refractivity contribution is -0.0510. The van der Waals surface area contributed by atoms with Crippen molar-refractivity contribution in [2.75, 3.05) is 0 Å². The summed E-state index contributed by atoms with van der Waals surface area (Å²) in [5, 5.41) is 1.04. The molecule has 0 fully saturated rings. The second-order valence-electron chi connectivity index (χ2n) is 9.77. The van der Waals surface area contributed by atoms with E-state index in [1.54, 1.807) is 0 Å². The van der Waals surface area contributed by atoms with Crippen molar-refractivity contribution in [3.8, 4) is 11.5 Å². The van der Waals surface area contributed by atoms with Gasteiger partial charge in [-0.15, -0.1) is 0 Å². The third-order valence-electron chi connectivity index (χ3n) is 4.11. The molecule has 1 N–H and O–H groups in total. The highest BCUT2D eigenvalue weighted by Gasteiger charge is 2.44. The minimum Gasteiger partial charge on any atom is -0.488 e. The Balaban J connectivity index is 0.000000521. The molecule has 0 saturated heterocycles. The summed E-state index contributed by atoms with van der Waals surface area (Å²) in [5.41, 5.74) is -5.97. The average molecular weight is 559 g/mol. The van der Waals surface area contributed by atoms with Gasteiger partial charge in [-0.2, -0.15) is 21.6 Å². The first-order chi connectivity index (χ1) is 16.9. The highest BCUT2D eigenvalue weighted by atomic mass is 32.2. The van der Waals surface area contributed by atoms with Gasteiger partial charge in [0.25, 0.3) is 5.03 Å². The first-order valence-corrected chi connectivity index (χ1v) is 13.8. The lowest BCUT2D eigenvalue weighted by Crippen LogP contribution is -2.23. The third-order valence-corrected chi connectivity index (χ3v) is 6.84. The molecular formula is C26H31F3NO5S2+. The minimum absolute atomic E-state index is 0.215. The van der Waals surface area contributed by atoms with Crippen LogP contribution in [-0.2, 0) is 21.0 Å². The fourth-order valence-corrected chi connectivity index (χ4v) is 4.79. The van der Waals surface area contributed by atoms with Gasteiger partial charge in [-0.25, -0.2) is 4.98 Å². The minimum atomic E-state index is -5.84. The maximum absolute atomic E-state index is 10.7. The number of benzene rings is 2. The number of ether oxygens (including phenoxy) is 2. The van der Waals surface area contributed by atoms with E-state index in [9.17, 15) is 13.2 Å². The number of halogens is 3. The van der Waals surface area contributed by atoms with Crippen LogP contribution in [0.3, 0.4) is 0 Å². The predicted molar refractivity (Wildman–Crippen MR) is 138 cm³/mol. The highest BCUT2D eigenvalue weighted by molar-refractivity contribution is 7.97. The summed E-state index contributed by atoms with van der Waals surface area (Å²) in [6.07, 6.45) is 1.85. The Morgan fingerprint density at radius 1 is 0.730 bits per heavy atom. The van der Waals surface area contributed by atoms with Gasteiger partial charge in [0.1, 0.15) is 33.6 Å². The zero-order valence-corrected chi connectivity index (χ0v) is 23.0. The van der Waals surface area contributed by atoms with Gasteiger partial charge in [-0.3, -0.25) is 4.55 Å². The van der Waals surface area contributed by atoms with Crippen molar-refractivity contribution in [2.45, 2.75) is 73.1 Å². The number of pyridine rings is 1. The van der Waals surface area contributed by atoms with Gasteiger partial charge in [0, 0.05) is 12.3 Å². The van der Waals surface area contributed by atoms with Crippen LogP contribution in [0.2, 0.25) is 0 Å². The van der Waals surface area contributed by atoms with Crippen molar-refractivity contribution in [3.05, 3.63) is 72.9 Å². The van der Waals surface area contributed by atoms with Crippen molar-refractivity contribution < 1.29 is 35.6 Å². The van der Waals surface area contributed by atoms with E-state index in [1.807, 2.05) is 42.6 Å². The Bertz CT molecular complexity index is 1180. The SMILES string of the molecule is CC(C)(C)Oc1ccc([S+](c2ccc(OC(C)(C)C)cc2)c2ccccn2)cc1.O=S(=O)(O)C(F)(F)F. The van der Waals surface area contributed by atoms with E-state index in [0.717, 1.165) is 16.5 Å². The summed E-state index contributed by atoms with van der Waals surface area (Å²) in [4.78, 5) is 7.05. The maximum atomic E-state index is 10.7. The van der Waals surface area contributed by atoms with Crippen LogP contribution >= 0.6 is 0 Å². The van der Waals surface area contributed by atoms with Gasteiger partial charge in [-0.05, 0) is 96.1 Å². The molecule has 1 heterocycles. The number of nitrogens with zero attached hydrogens (tertiary/aromatic N) is 1. The number of aromatic nitrogens is 1. The van der Waals surface area contributed by atoms with E-state index in [4.69, 9.17) is 22.4 Å². The summed E-state index contributed by atoms with van der Waals surface area (Å²) < 4.78 is 69.5. The van der Waals surface area contributed by atoms with Crippen molar-refractivity contribution in [1.82, 2.24) is 4.98 Å². The molecule has 0 aliphatic heterocycles. The van der Waals surface area contributed by atoms with Crippen molar-refractivity contribution in [3.63, 3.8) is 0 Å². The molecule has 0 atom stereocenters. The second-order valence-corrected chi connectivity index (χ2v) is 13.2. The van der Waals surface area contributed by atoms with Gasteiger partial charge in [0.2, 0.25) is 0 Å². The van der Waals surface area contributed by atoms with Gasteiger partial charge in [-0.1, -0.05) is 6.07 Å². The molecule has 3 aromatic rings. The van der Waals surface area contributed by atoms with Gasteiger partial charge in [0.05, 0.1) is 0 Å². The lowest BCUT2D eigenvalue weighted by atomic mass is 10.2. The van der Waals surface area contributed by atoms with Crippen molar-refractivity contribution in [2.24, 2.45) is 0 Å². The lowest BCUT2D eigenvalue weighted by Gasteiger charge is -2.21. The number of alkyl halides is 3. The van der Waals surface area contributed by atoms with E-state index in [1.165, 1.54) is 9.79 Å². The Hall–Kier alpha value is -2.76. The topological polar surface area (TPSA) is 85.7 Å². The molecule has 0 amide bonds. The van der Waals surface area contributed by atoms with E-state index in [-0.39, 0.29) is 22.1 Å². The molecule has 202 valence electrons. The smallest absolute Gasteiger partial charge is 0.488 e. The molecule has 0 radical (unpaired) electrons. The van der Waals surface area contributed by atoms with Crippen LogP contribution in [0.4, 0.5) is 13.2 Å². The average Bonchev–Trinajstić information content (AvgIpc) is 2.74. The molecule has 37 heavy (non-hydrogen) atoms. The first-order valence-electron chi connectivity index (χ1n) is 11.1. The molecule has 0 saturated carbocycles. The quantitative estimate of drug-likeness (QED) is 0.208. The molecule has 6 nitrogen and oxygen atoms in total. The van der Waals surface area contributed by atoms with Crippen LogP contribution in [-0.4, -0.2) is 34.7 Å². The summed E-state index contributed by atoms with van der Waals surface area (Å²) >= 11 is 0. The van der Waals surface area contributed by atoms with Crippen molar-refractivity contribution >= 4 is 21.0 Å². The molecule has 1 aromatic heterocycles. The molecular weight excluding hydrogens is 527 g/mol. The Labute approximate surface area is 218 Å². The molecule has 2 aromatic carbocycles. The highest BCUT2D eigenvalue weighted by Crippen LogP contribution is 2.33. The van der Waals surface area contributed by atoms with Gasteiger partial charge < -0.3 is 9.47 Å². The zero-order valence-electron chi connectivity index (χ0n) is 21.4. The van der Waals surface area contributed by atoms with E-state index in [0.29, 0.717) is 0 Å². The molecule has 11 heteroatoms. The molecule has 3 rings (SSSR count). The van der Waals surface area contributed by atoms with Crippen LogP contribution in [0.5, 0.6) is 11.5 Å². The summed E-state index contributed by atoms with van der Waals surface area (Å²) in [5.74, 6) is 1.75. The number of hydrogen-bond acceptors (Lipinski definition) is 5. The van der Waals surface area contributed by atoms with Crippen LogP contribution in [0, 0.1) is 0 Å². The number of hydrogen-bond donors (Lipinski definition) is 1. The van der Waals surface area contributed by atoms with E-state index in [2.05, 4.69) is 76.9 Å². The Morgan fingerprint density at radius 3 is 1.38 bits per heavy atom.